The molecular formula is C12H19NO. The smallest absolute Gasteiger partial charge is 0.213 e. The number of hydrogen-bond acceptors (Lipinski definition) is 2. The molecule has 0 N–H and O–H groups in total. The highest BCUT2D eigenvalue weighted by atomic mass is 16.5. The number of nitrogens with zero attached hydrogens (tertiary/aromatic N) is 1. The van der Waals surface area contributed by atoms with Crippen LogP contribution in [0.3, 0.4) is 0 Å². The minimum absolute atomic E-state index is 0.0889. The molecule has 1 aromatic rings. The normalized spacial score (nSPS) is 11.4. The lowest BCUT2D eigenvalue weighted by atomic mass is 9.92. The molecule has 1 rings (SSSR count). The molecule has 2 nitrogen and oxygen atoms in total. The predicted octanol–water partition coefficient (Wildman–Crippen LogP) is 3.17. The zero-order valence-electron chi connectivity index (χ0n) is 9.50. The quantitative estimate of drug-likeness (QED) is 0.735. The van der Waals surface area contributed by atoms with Gasteiger partial charge in [-0.15, -0.1) is 0 Å². The third-order valence-corrected chi connectivity index (χ3v) is 1.95. The fraction of sp³-hybridized carbons (Fsp3) is 0.583. The molecule has 0 unspecified atom stereocenters. The molecule has 0 aliphatic rings. The van der Waals surface area contributed by atoms with Crippen LogP contribution in [0.2, 0.25) is 0 Å². The molecule has 0 spiro atoms. The lowest BCUT2D eigenvalue weighted by molar-refractivity contribution is 0.302. The second-order valence-corrected chi connectivity index (χ2v) is 4.46. The first-order valence-corrected chi connectivity index (χ1v) is 5.14. The second kappa shape index (κ2) is 4.45. The van der Waals surface area contributed by atoms with Crippen LogP contribution in [0.25, 0.3) is 0 Å². The van der Waals surface area contributed by atoms with Crippen molar-refractivity contribution in [3.05, 3.63) is 23.9 Å². The van der Waals surface area contributed by atoms with E-state index in [9.17, 15) is 0 Å². The Kier molecular flexibility index (Phi) is 3.50. The predicted molar refractivity (Wildman–Crippen MR) is 58.7 cm³/mol. The van der Waals surface area contributed by atoms with Crippen LogP contribution in [0.4, 0.5) is 0 Å². The second-order valence-electron chi connectivity index (χ2n) is 4.46. The van der Waals surface area contributed by atoms with Gasteiger partial charge in [0.1, 0.15) is 0 Å². The van der Waals surface area contributed by atoms with E-state index in [1.54, 1.807) is 0 Å². The van der Waals surface area contributed by atoms with Gasteiger partial charge >= 0.3 is 0 Å². The lowest BCUT2D eigenvalue weighted by Gasteiger charge is -2.18. The monoisotopic (exact) mass is 193 g/mol. The van der Waals surface area contributed by atoms with Gasteiger partial charge in [-0.2, -0.15) is 0 Å². The van der Waals surface area contributed by atoms with Crippen LogP contribution in [0.1, 0.15) is 39.8 Å². The maximum Gasteiger partial charge on any atom is 0.213 e. The summed E-state index contributed by atoms with van der Waals surface area (Å²) in [5, 5.41) is 0. The molecule has 0 saturated carbocycles. The standard InChI is InChI=1S/C12H19NO/c1-5-9-14-11-8-6-7-10(13-11)12(2,3)4/h6-8H,5,9H2,1-4H3. The molecule has 2 heteroatoms. The van der Waals surface area contributed by atoms with E-state index in [0.717, 1.165) is 24.6 Å². The van der Waals surface area contributed by atoms with Gasteiger partial charge < -0.3 is 4.74 Å². The molecule has 0 aliphatic heterocycles. The van der Waals surface area contributed by atoms with Crippen LogP contribution in [0, 0.1) is 0 Å². The van der Waals surface area contributed by atoms with Gasteiger partial charge in [0.25, 0.3) is 0 Å². The van der Waals surface area contributed by atoms with Crippen LogP contribution in [-0.2, 0) is 5.41 Å². The molecule has 1 heterocycles. The summed E-state index contributed by atoms with van der Waals surface area (Å²) in [7, 11) is 0. The lowest BCUT2D eigenvalue weighted by Crippen LogP contribution is -2.13. The van der Waals surface area contributed by atoms with Crippen molar-refractivity contribution in [2.45, 2.75) is 39.5 Å². The Morgan fingerprint density at radius 2 is 2.00 bits per heavy atom. The van der Waals surface area contributed by atoms with Gasteiger partial charge in [0.2, 0.25) is 5.88 Å². The average molecular weight is 193 g/mol. The van der Waals surface area contributed by atoms with Gasteiger partial charge in [0.15, 0.2) is 0 Å². The van der Waals surface area contributed by atoms with Crippen LogP contribution in [-0.4, -0.2) is 11.6 Å². The first-order chi connectivity index (χ1) is 6.54. The van der Waals surface area contributed by atoms with Gasteiger partial charge in [0, 0.05) is 17.2 Å². The van der Waals surface area contributed by atoms with E-state index in [2.05, 4.69) is 32.7 Å². The van der Waals surface area contributed by atoms with Gasteiger partial charge in [-0.1, -0.05) is 33.8 Å². The Morgan fingerprint density at radius 3 is 2.57 bits per heavy atom. The Labute approximate surface area is 86.3 Å². The van der Waals surface area contributed by atoms with E-state index in [1.165, 1.54) is 0 Å². The molecule has 0 bridgehead atoms. The molecule has 1 aromatic heterocycles. The first-order valence-electron chi connectivity index (χ1n) is 5.14. The molecule has 78 valence electrons. The SMILES string of the molecule is CCCOc1cccc(C(C)(C)C)n1. The number of pyridine rings is 1. The summed E-state index contributed by atoms with van der Waals surface area (Å²) in [6.45, 7) is 9.28. The van der Waals surface area contributed by atoms with Gasteiger partial charge in [0.05, 0.1) is 6.61 Å². The van der Waals surface area contributed by atoms with Gasteiger partial charge in [-0.25, -0.2) is 4.98 Å². The van der Waals surface area contributed by atoms with E-state index < -0.39 is 0 Å². The third-order valence-electron chi connectivity index (χ3n) is 1.95. The highest BCUT2D eigenvalue weighted by Gasteiger charge is 2.15. The molecule has 0 fully saturated rings. The Balaban J connectivity index is 2.79. The Hall–Kier alpha value is -1.05. The fourth-order valence-electron chi connectivity index (χ4n) is 1.12. The number of rotatable bonds is 3. The van der Waals surface area contributed by atoms with Crippen LogP contribution < -0.4 is 4.74 Å². The van der Waals surface area contributed by atoms with Gasteiger partial charge in [-0.3, -0.25) is 0 Å². The largest absolute Gasteiger partial charge is 0.478 e. The van der Waals surface area contributed by atoms with Crippen molar-refractivity contribution in [3.63, 3.8) is 0 Å². The van der Waals surface area contributed by atoms with E-state index in [1.807, 2.05) is 18.2 Å². The summed E-state index contributed by atoms with van der Waals surface area (Å²) in [5.41, 5.74) is 1.16. The molecular weight excluding hydrogens is 174 g/mol. The molecule has 0 aliphatic carbocycles. The van der Waals surface area contributed by atoms with Crippen LogP contribution >= 0.6 is 0 Å². The summed E-state index contributed by atoms with van der Waals surface area (Å²) in [5.74, 6) is 0.735. The maximum absolute atomic E-state index is 5.48. The maximum atomic E-state index is 5.48. The number of aromatic nitrogens is 1. The van der Waals surface area contributed by atoms with Crippen LogP contribution in [0.15, 0.2) is 18.2 Å². The fourth-order valence-corrected chi connectivity index (χ4v) is 1.12. The van der Waals surface area contributed by atoms with Crippen LogP contribution in [0.5, 0.6) is 5.88 Å². The molecule has 0 saturated heterocycles. The molecule has 0 radical (unpaired) electrons. The number of ether oxygens (including phenoxy) is 1. The van der Waals surface area contributed by atoms with Crippen molar-refractivity contribution in [1.29, 1.82) is 0 Å². The molecule has 0 aromatic carbocycles. The van der Waals surface area contributed by atoms with Crippen molar-refractivity contribution >= 4 is 0 Å². The minimum Gasteiger partial charge on any atom is -0.478 e. The topological polar surface area (TPSA) is 22.1 Å². The summed E-state index contributed by atoms with van der Waals surface area (Å²) >= 11 is 0. The van der Waals surface area contributed by atoms with E-state index in [-0.39, 0.29) is 5.41 Å². The zero-order valence-corrected chi connectivity index (χ0v) is 9.50. The third kappa shape index (κ3) is 3.02. The Bertz CT molecular complexity index is 289. The zero-order chi connectivity index (χ0) is 10.6. The highest BCUT2D eigenvalue weighted by Crippen LogP contribution is 2.21. The van der Waals surface area contributed by atoms with Crippen molar-refractivity contribution in [2.75, 3.05) is 6.61 Å². The van der Waals surface area contributed by atoms with Crippen molar-refractivity contribution in [2.24, 2.45) is 0 Å². The summed E-state index contributed by atoms with van der Waals surface area (Å²) in [4.78, 5) is 4.46. The molecule has 0 amide bonds. The molecule has 0 atom stereocenters. The van der Waals surface area contributed by atoms with E-state index >= 15 is 0 Å². The average Bonchev–Trinajstić information content (AvgIpc) is 2.14. The van der Waals surface area contributed by atoms with Crippen molar-refractivity contribution < 1.29 is 4.74 Å². The summed E-state index contributed by atoms with van der Waals surface area (Å²) < 4.78 is 5.48. The Morgan fingerprint density at radius 1 is 1.29 bits per heavy atom. The minimum atomic E-state index is 0.0889. The van der Waals surface area contributed by atoms with Crippen molar-refractivity contribution in [1.82, 2.24) is 4.98 Å². The van der Waals surface area contributed by atoms with Gasteiger partial charge in [-0.05, 0) is 12.5 Å². The highest BCUT2D eigenvalue weighted by molar-refractivity contribution is 5.20. The first kappa shape index (κ1) is 11.0. The summed E-state index contributed by atoms with van der Waals surface area (Å²) in [6, 6.07) is 5.95. The summed E-state index contributed by atoms with van der Waals surface area (Å²) in [6.07, 6.45) is 1.02. The molecule has 14 heavy (non-hydrogen) atoms. The van der Waals surface area contributed by atoms with E-state index in [4.69, 9.17) is 4.74 Å². The number of hydrogen-bond donors (Lipinski definition) is 0. The van der Waals surface area contributed by atoms with E-state index in [0.29, 0.717) is 0 Å². The van der Waals surface area contributed by atoms with Crippen molar-refractivity contribution in [3.8, 4) is 5.88 Å².